The van der Waals surface area contributed by atoms with Gasteiger partial charge in [0.05, 0.1) is 17.8 Å². The van der Waals surface area contributed by atoms with E-state index in [-0.39, 0.29) is 23.8 Å². The van der Waals surface area contributed by atoms with E-state index in [1.54, 1.807) is 18.0 Å². The molecule has 142 valence electrons. The lowest BCUT2D eigenvalue weighted by Crippen LogP contribution is -2.30. The van der Waals surface area contributed by atoms with E-state index in [1.807, 2.05) is 6.07 Å². The number of benzene rings is 2. The van der Waals surface area contributed by atoms with Gasteiger partial charge < -0.3 is 10.1 Å². The summed E-state index contributed by atoms with van der Waals surface area (Å²) in [7, 11) is 1.68. The number of nitriles is 1. The highest BCUT2D eigenvalue weighted by Crippen LogP contribution is 2.23. The van der Waals surface area contributed by atoms with Gasteiger partial charge in [-0.2, -0.15) is 5.26 Å². The van der Waals surface area contributed by atoms with E-state index in [4.69, 9.17) is 16.9 Å². The third-order valence-electron chi connectivity index (χ3n) is 3.40. The van der Waals surface area contributed by atoms with E-state index in [0.717, 1.165) is 0 Å². The number of rotatable bonds is 6. The van der Waals surface area contributed by atoms with Gasteiger partial charge in [0, 0.05) is 11.6 Å². The number of amides is 1. The maximum Gasteiger partial charge on any atom is 0.573 e. The summed E-state index contributed by atoms with van der Waals surface area (Å²) in [6, 6.07) is 11.9. The Morgan fingerprint density at radius 2 is 1.93 bits per heavy atom. The number of ether oxygens (including phenoxy) is 1. The molecule has 0 unspecified atom stereocenters. The zero-order chi connectivity index (χ0) is 20.0. The summed E-state index contributed by atoms with van der Waals surface area (Å²) >= 11 is 5.87. The Bertz CT molecular complexity index is 848. The van der Waals surface area contributed by atoms with Gasteiger partial charge in [0.15, 0.2) is 0 Å². The Hall–Kier alpha value is -2.76. The lowest BCUT2D eigenvalue weighted by Gasteiger charge is -2.17. The smallest absolute Gasteiger partial charge is 0.406 e. The molecule has 0 heterocycles. The molecule has 2 rings (SSSR count). The fourth-order valence-corrected chi connectivity index (χ4v) is 2.49. The number of likely N-dealkylation sites (N-methyl/N-ethyl adjacent to an activating group) is 1. The Morgan fingerprint density at radius 3 is 2.52 bits per heavy atom. The van der Waals surface area contributed by atoms with Crippen LogP contribution in [0.3, 0.4) is 0 Å². The quantitative estimate of drug-likeness (QED) is 0.794. The molecule has 0 spiro atoms. The molecule has 0 fully saturated rings. The molecule has 0 aliphatic heterocycles. The first-order chi connectivity index (χ1) is 12.7. The standard InChI is InChI=1S/C18H15ClF3N3O2/c1-25(10-12-2-6-15(7-3-12)27-18(20,21)22)11-17(26)24-16-8-14(19)5-4-13(16)9-23/h2-8H,10-11H2,1H3,(H,24,26). The molecular formula is C18H15ClF3N3O2. The van der Waals surface area contributed by atoms with Gasteiger partial charge in [0.2, 0.25) is 5.91 Å². The lowest BCUT2D eigenvalue weighted by atomic mass is 10.2. The van der Waals surface area contributed by atoms with Crippen LogP contribution < -0.4 is 10.1 Å². The molecular weight excluding hydrogens is 383 g/mol. The van der Waals surface area contributed by atoms with Crippen molar-refractivity contribution in [3.05, 3.63) is 58.6 Å². The van der Waals surface area contributed by atoms with E-state index in [1.165, 1.54) is 36.4 Å². The van der Waals surface area contributed by atoms with Crippen LogP contribution in [0.2, 0.25) is 5.02 Å². The van der Waals surface area contributed by atoms with Crippen LogP contribution in [0, 0.1) is 11.3 Å². The monoisotopic (exact) mass is 397 g/mol. The molecule has 27 heavy (non-hydrogen) atoms. The number of nitrogens with one attached hydrogen (secondary N) is 1. The maximum absolute atomic E-state index is 12.2. The number of carbonyl (C=O) groups excluding carboxylic acids is 1. The number of carbonyl (C=O) groups is 1. The molecule has 0 saturated carbocycles. The first-order valence-corrected chi connectivity index (χ1v) is 8.07. The van der Waals surface area contributed by atoms with E-state index < -0.39 is 6.36 Å². The van der Waals surface area contributed by atoms with Gasteiger partial charge in [-0.25, -0.2) is 0 Å². The van der Waals surface area contributed by atoms with E-state index in [0.29, 0.717) is 22.8 Å². The van der Waals surface area contributed by atoms with Crippen molar-refractivity contribution < 1.29 is 22.7 Å². The summed E-state index contributed by atoms with van der Waals surface area (Å²) in [5, 5.41) is 12.1. The van der Waals surface area contributed by atoms with Crippen molar-refractivity contribution in [2.24, 2.45) is 0 Å². The average molecular weight is 398 g/mol. The van der Waals surface area contributed by atoms with Crippen LogP contribution in [0.5, 0.6) is 5.75 Å². The minimum Gasteiger partial charge on any atom is -0.406 e. The fraction of sp³-hybridized carbons (Fsp3) is 0.222. The molecule has 2 aromatic rings. The predicted molar refractivity (Wildman–Crippen MR) is 94.3 cm³/mol. The highest BCUT2D eigenvalue weighted by Gasteiger charge is 2.30. The number of nitrogens with zero attached hydrogens (tertiary/aromatic N) is 2. The van der Waals surface area contributed by atoms with Gasteiger partial charge in [-0.1, -0.05) is 23.7 Å². The molecule has 0 saturated heterocycles. The van der Waals surface area contributed by atoms with Gasteiger partial charge in [-0.3, -0.25) is 9.69 Å². The van der Waals surface area contributed by atoms with Crippen molar-refractivity contribution in [3.63, 3.8) is 0 Å². The average Bonchev–Trinajstić information content (AvgIpc) is 2.55. The van der Waals surface area contributed by atoms with Crippen LogP contribution in [0.15, 0.2) is 42.5 Å². The molecule has 0 radical (unpaired) electrons. The molecule has 1 amide bonds. The molecule has 0 aliphatic rings. The van der Waals surface area contributed by atoms with E-state index >= 15 is 0 Å². The third-order valence-corrected chi connectivity index (χ3v) is 3.63. The van der Waals surface area contributed by atoms with Crippen molar-refractivity contribution >= 4 is 23.2 Å². The Morgan fingerprint density at radius 1 is 1.26 bits per heavy atom. The van der Waals surface area contributed by atoms with Crippen LogP contribution in [-0.2, 0) is 11.3 Å². The normalized spacial score (nSPS) is 11.1. The molecule has 0 aromatic heterocycles. The number of hydrogen-bond acceptors (Lipinski definition) is 4. The second kappa shape index (κ2) is 8.75. The van der Waals surface area contributed by atoms with Crippen LogP contribution in [-0.4, -0.2) is 30.8 Å². The first-order valence-electron chi connectivity index (χ1n) is 7.69. The van der Waals surface area contributed by atoms with Crippen LogP contribution >= 0.6 is 11.6 Å². The van der Waals surface area contributed by atoms with E-state index in [2.05, 4.69) is 10.1 Å². The zero-order valence-corrected chi connectivity index (χ0v) is 14.9. The van der Waals surface area contributed by atoms with Gasteiger partial charge in [-0.05, 0) is 42.9 Å². The van der Waals surface area contributed by atoms with E-state index in [9.17, 15) is 18.0 Å². The van der Waals surface area contributed by atoms with Crippen LogP contribution in [0.1, 0.15) is 11.1 Å². The highest BCUT2D eigenvalue weighted by molar-refractivity contribution is 6.31. The van der Waals surface area contributed by atoms with Crippen molar-refractivity contribution in [1.82, 2.24) is 4.90 Å². The van der Waals surface area contributed by atoms with Crippen molar-refractivity contribution in [1.29, 1.82) is 5.26 Å². The van der Waals surface area contributed by atoms with Crippen molar-refractivity contribution in [2.45, 2.75) is 12.9 Å². The minimum absolute atomic E-state index is 0.0121. The lowest BCUT2D eigenvalue weighted by molar-refractivity contribution is -0.274. The van der Waals surface area contributed by atoms with Crippen molar-refractivity contribution in [2.75, 3.05) is 18.9 Å². The Labute approximate surface area is 158 Å². The molecule has 1 N–H and O–H groups in total. The second-order valence-electron chi connectivity index (χ2n) is 5.71. The Balaban J connectivity index is 1.92. The van der Waals surface area contributed by atoms with Gasteiger partial charge in [-0.15, -0.1) is 13.2 Å². The largest absolute Gasteiger partial charge is 0.573 e. The van der Waals surface area contributed by atoms with Crippen molar-refractivity contribution in [3.8, 4) is 11.8 Å². The SMILES string of the molecule is CN(CC(=O)Nc1cc(Cl)ccc1C#N)Cc1ccc(OC(F)(F)F)cc1. The number of hydrogen-bond donors (Lipinski definition) is 1. The summed E-state index contributed by atoms with van der Waals surface area (Å²) in [5.74, 6) is -0.662. The molecule has 0 aliphatic carbocycles. The molecule has 0 bridgehead atoms. The molecule has 5 nitrogen and oxygen atoms in total. The molecule has 2 aromatic carbocycles. The minimum atomic E-state index is -4.74. The number of halogens is 4. The summed E-state index contributed by atoms with van der Waals surface area (Å²) < 4.78 is 40.3. The summed E-state index contributed by atoms with van der Waals surface area (Å²) in [6.07, 6.45) is -4.74. The fourth-order valence-electron chi connectivity index (χ4n) is 2.32. The van der Waals surface area contributed by atoms with Crippen LogP contribution in [0.25, 0.3) is 0 Å². The van der Waals surface area contributed by atoms with Crippen LogP contribution in [0.4, 0.5) is 18.9 Å². The zero-order valence-electron chi connectivity index (χ0n) is 14.2. The van der Waals surface area contributed by atoms with Gasteiger partial charge in [0.25, 0.3) is 0 Å². The Kier molecular flexibility index (Phi) is 6.66. The third kappa shape index (κ3) is 6.81. The predicted octanol–water partition coefficient (Wildman–Crippen LogP) is 4.18. The topological polar surface area (TPSA) is 65.4 Å². The number of alkyl halides is 3. The molecule has 9 heteroatoms. The van der Waals surface area contributed by atoms with Gasteiger partial charge in [0.1, 0.15) is 11.8 Å². The second-order valence-corrected chi connectivity index (χ2v) is 6.15. The highest BCUT2D eigenvalue weighted by atomic mass is 35.5. The maximum atomic E-state index is 12.2. The first kappa shape index (κ1) is 20.6. The number of anilines is 1. The summed E-state index contributed by atoms with van der Waals surface area (Å²) in [5.41, 5.74) is 1.31. The molecule has 0 atom stereocenters. The summed E-state index contributed by atoms with van der Waals surface area (Å²) in [6.45, 7) is 0.346. The summed E-state index contributed by atoms with van der Waals surface area (Å²) in [4.78, 5) is 13.8. The van der Waals surface area contributed by atoms with Gasteiger partial charge >= 0.3 is 6.36 Å².